The third-order valence-corrected chi connectivity index (χ3v) is 3.60. The fourth-order valence-corrected chi connectivity index (χ4v) is 2.41. The lowest BCUT2D eigenvalue weighted by Crippen LogP contribution is -2.41. The summed E-state index contributed by atoms with van der Waals surface area (Å²) in [5.74, 6) is -0.565. The van der Waals surface area contributed by atoms with Crippen LogP contribution in [0.15, 0.2) is 4.99 Å². The number of aliphatic carboxylic acids is 1. The molecular formula is C15H27N3O3. The number of aliphatic imine (C=N–C) groups is 1. The molecule has 6 heteroatoms. The Kier molecular flexibility index (Phi) is 7.36. The number of nitrogens with zero attached hydrogens (tertiary/aromatic N) is 1. The molecule has 0 fully saturated rings. The Labute approximate surface area is 126 Å². The smallest absolute Gasteiger partial charge is 0.320 e. The van der Waals surface area contributed by atoms with E-state index < -0.39 is 12.0 Å². The van der Waals surface area contributed by atoms with Crippen LogP contribution in [0.5, 0.6) is 0 Å². The Balaban J connectivity index is 2.17. The van der Waals surface area contributed by atoms with Gasteiger partial charge in [-0.05, 0) is 31.6 Å². The highest BCUT2D eigenvalue weighted by molar-refractivity contribution is 5.85. The molecule has 1 heterocycles. The third-order valence-electron chi connectivity index (χ3n) is 3.60. The van der Waals surface area contributed by atoms with Crippen LogP contribution < -0.4 is 10.6 Å². The number of amides is 1. The quantitative estimate of drug-likeness (QED) is 0.558. The summed E-state index contributed by atoms with van der Waals surface area (Å²) < 4.78 is 0. The monoisotopic (exact) mass is 297 g/mol. The van der Waals surface area contributed by atoms with Crippen LogP contribution in [0.4, 0.5) is 0 Å². The van der Waals surface area contributed by atoms with Gasteiger partial charge in [0.05, 0.1) is 0 Å². The third kappa shape index (κ3) is 6.25. The van der Waals surface area contributed by atoms with Crippen molar-refractivity contribution in [3.05, 3.63) is 0 Å². The van der Waals surface area contributed by atoms with Gasteiger partial charge in [0.2, 0.25) is 5.91 Å². The Bertz CT molecular complexity index is 382. The van der Waals surface area contributed by atoms with E-state index in [4.69, 9.17) is 5.11 Å². The van der Waals surface area contributed by atoms with Gasteiger partial charge in [-0.25, -0.2) is 0 Å². The molecule has 0 aliphatic carbocycles. The van der Waals surface area contributed by atoms with E-state index in [-0.39, 0.29) is 23.9 Å². The maximum Gasteiger partial charge on any atom is 0.320 e. The number of carboxylic acids is 1. The number of carbonyl (C=O) groups excluding carboxylic acids is 1. The van der Waals surface area contributed by atoms with Gasteiger partial charge in [0.1, 0.15) is 12.1 Å². The molecule has 3 atom stereocenters. The van der Waals surface area contributed by atoms with Crippen molar-refractivity contribution < 1.29 is 14.7 Å². The molecule has 3 N–H and O–H groups in total. The summed E-state index contributed by atoms with van der Waals surface area (Å²) in [6.07, 6.45) is 4.78. The largest absolute Gasteiger partial charge is 0.480 e. The molecule has 0 radical (unpaired) electrons. The summed E-state index contributed by atoms with van der Waals surface area (Å²) in [6, 6.07) is -0.618. The molecular weight excluding hydrogens is 270 g/mol. The van der Waals surface area contributed by atoms with Gasteiger partial charge in [-0.1, -0.05) is 20.8 Å². The Morgan fingerprint density at radius 1 is 1.38 bits per heavy atom. The minimum absolute atomic E-state index is 0.0219. The first-order valence-corrected chi connectivity index (χ1v) is 7.70. The van der Waals surface area contributed by atoms with Crippen LogP contribution in [0.25, 0.3) is 0 Å². The fourth-order valence-electron chi connectivity index (χ4n) is 2.41. The van der Waals surface area contributed by atoms with Crippen molar-refractivity contribution in [1.29, 1.82) is 0 Å². The topological polar surface area (TPSA) is 90.8 Å². The van der Waals surface area contributed by atoms with Gasteiger partial charge < -0.3 is 15.7 Å². The number of hydrogen-bond acceptors (Lipinski definition) is 4. The highest BCUT2D eigenvalue weighted by atomic mass is 16.4. The van der Waals surface area contributed by atoms with Gasteiger partial charge in [-0.15, -0.1) is 0 Å². The van der Waals surface area contributed by atoms with Crippen LogP contribution in [0.1, 0.15) is 46.5 Å². The van der Waals surface area contributed by atoms with E-state index >= 15 is 0 Å². The molecule has 6 nitrogen and oxygen atoms in total. The number of carboxylic acid groups (broad SMARTS) is 1. The second kappa shape index (κ2) is 8.77. The summed E-state index contributed by atoms with van der Waals surface area (Å²) >= 11 is 0. The molecule has 0 aromatic rings. The Morgan fingerprint density at radius 3 is 2.62 bits per heavy atom. The van der Waals surface area contributed by atoms with Gasteiger partial charge in [0.25, 0.3) is 0 Å². The van der Waals surface area contributed by atoms with Gasteiger partial charge in [-0.2, -0.15) is 0 Å². The molecule has 0 aromatic heterocycles. The molecule has 0 bridgehead atoms. The lowest BCUT2D eigenvalue weighted by atomic mass is 10.0. The van der Waals surface area contributed by atoms with Crippen LogP contribution in [0, 0.1) is 5.92 Å². The first kappa shape index (κ1) is 17.6. The number of unbranched alkanes of at least 4 members (excludes halogenated alkanes) is 1. The number of hydrogen-bond donors (Lipinski definition) is 3. The SMILES string of the molecule is CC(C)N[C@@H](CCCCNC(=O)[C@@H]1N=CC[C@H]1C)C(=O)O. The lowest BCUT2D eigenvalue weighted by molar-refractivity contribution is -0.140. The van der Waals surface area contributed by atoms with Crippen molar-refractivity contribution >= 4 is 18.1 Å². The van der Waals surface area contributed by atoms with Gasteiger partial charge in [0, 0.05) is 18.8 Å². The predicted molar refractivity (Wildman–Crippen MR) is 82.6 cm³/mol. The zero-order chi connectivity index (χ0) is 15.8. The summed E-state index contributed by atoms with van der Waals surface area (Å²) in [5.41, 5.74) is 0. The highest BCUT2D eigenvalue weighted by Crippen LogP contribution is 2.16. The first-order chi connectivity index (χ1) is 9.91. The highest BCUT2D eigenvalue weighted by Gasteiger charge is 2.26. The second-order valence-corrected chi connectivity index (χ2v) is 5.99. The van der Waals surface area contributed by atoms with Crippen LogP contribution in [0.2, 0.25) is 0 Å². The van der Waals surface area contributed by atoms with Crippen molar-refractivity contribution in [3.63, 3.8) is 0 Å². The predicted octanol–water partition coefficient (Wildman–Crippen LogP) is 1.20. The van der Waals surface area contributed by atoms with Crippen molar-refractivity contribution in [2.24, 2.45) is 10.9 Å². The molecule has 0 saturated heterocycles. The van der Waals surface area contributed by atoms with E-state index in [0.717, 1.165) is 19.3 Å². The van der Waals surface area contributed by atoms with E-state index in [1.807, 2.05) is 27.0 Å². The molecule has 0 aromatic carbocycles. The van der Waals surface area contributed by atoms with Crippen molar-refractivity contribution in [2.45, 2.75) is 64.6 Å². The zero-order valence-corrected chi connectivity index (χ0v) is 13.1. The lowest BCUT2D eigenvalue weighted by Gasteiger charge is -2.17. The molecule has 120 valence electrons. The summed E-state index contributed by atoms with van der Waals surface area (Å²) in [6.45, 7) is 6.46. The summed E-state index contributed by atoms with van der Waals surface area (Å²) in [7, 11) is 0. The molecule has 1 aliphatic rings. The van der Waals surface area contributed by atoms with E-state index in [0.29, 0.717) is 13.0 Å². The molecule has 1 aliphatic heterocycles. The normalized spacial score (nSPS) is 22.5. The molecule has 21 heavy (non-hydrogen) atoms. The van der Waals surface area contributed by atoms with E-state index in [1.54, 1.807) is 0 Å². The van der Waals surface area contributed by atoms with Crippen molar-refractivity contribution in [2.75, 3.05) is 6.54 Å². The first-order valence-electron chi connectivity index (χ1n) is 7.70. The summed E-state index contributed by atoms with van der Waals surface area (Å²) in [5, 5.41) is 15.0. The average molecular weight is 297 g/mol. The zero-order valence-electron chi connectivity index (χ0n) is 13.1. The molecule has 1 amide bonds. The maximum atomic E-state index is 11.9. The van der Waals surface area contributed by atoms with Gasteiger partial charge in [0.15, 0.2) is 0 Å². The molecule has 0 unspecified atom stereocenters. The summed E-state index contributed by atoms with van der Waals surface area (Å²) in [4.78, 5) is 27.1. The molecule has 0 saturated carbocycles. The van der Waals surface area contributed by atoms with E-state index in [1.165, 1.54) is 0 Å². The minimum Gasteiger partial charge on any atom is -0.480 e. The van der Waals surface area contributed by atoms with Crippen LogP contribution in [0.3, 0.4) is 0 Å². The van der Waals surface area contributed by atoms with Crippen molar-refractivity contribution in [3.8, 4) is 0 Å². The van der Waals surface area contributed by atoms with Gasteiger partial charge >= 0.3 is 5.97 Å². The second-order valence-electron chi connectivity index (χ2n) is 5.99. The van der Waals surface area contributed by atoms with Crippen LogP contribution >= 0.6 is 0 Å². The van der Waals surface area contributed by atoms with Crippen molar-refractivity contribution in [1.82, 2.24) is 10.6 Å². The van der Waals surface area contributed by atoms with E-state index in [2.05, 4.69) is 15.6 Å². The van der Waals surface area contributed by atoms with Crippen LogP contribution in [-0.2, 0) is 9.59 Å². The molecule has 0 spiro atoms. The fraction of sp³-hybridized carbons (Fsp3) is 0.800. The van der Waals surface area contributed by atoms with Crippen LogP contribution in [-0.4, -0.2) is 47.9 Å². The standard InChI is InChI=1S/C15H27N3O3/c1-10(2)18-12(15(20)21)6-4-5-8-17-14(19)13-11(3)7-9-16-13/h9-13,18H,4-8H2,1-3H3,(H,17,19)(H,20,21)/t11-,12+,13-/m1/s1. The maximum absolute atomic E-state index is 11.9. The minimum atomic E-state index is -0.818. The molecule has 1 rings (SSSR count). The number of rotatable bonds is 9. The Morgan fingerprint density at radius 2 is 2.10 bits per heavy atom. The number of carbonyl (C=O) groups is 2. The van der Waals surface area contributed by atoms with Gasteiger partial charge in [-0.3, -0.25) is 14.6 Å². The number of nitrogens with one attached hydrogen (secondary N) is 2. The average Bonchev–Trinajstić information content (AvgIpc) is 2.82. The van der Waals surface area contributed by atoms with E-state index in [9.17, 15) is 9.59 Å². The Hall–Kier alpha value is -1.43.